The lowest BCUT2D eigenvalue weighted by molar-refractivity contribution is 0.100. The molecule has 0 spiro atoms. The van der Waals surface area contributed by atoms with Crippen LogP contribution in [0.1, 0.15) is 34.6 Å². The van der Waals surface area contributed by atoms with E-state index in [1.165, 1.54) is 28.1 Å². The van der Waals surface area contributed by atoms with Gasteiger partial charge in [0.2, 0.25) is 0 Å². The molecular formula is C30H30O8. The number of fused-ring (bicyclic) bond motifs is 2. The van der Waals surface area contributed by atoms with Crippen molar-refractivity contribution < 1.29 is 38.0 Å². The molecule has 0 unspecified atom stereocenters. The van der Waals surface area contributed by atoms with Crippen LogP contribution in [0, 0.1) is 0 Å². The Morgan fingerprint density at radius 3 is 1.11 bits per heavy atom. The van der Waals surface area contributed by atoms with E-state index in [1.54, 1.807) is 40.6 Å². The Balaban J connectivity index is 2.21. The summed E-state index contributed by atoms with van der Waals surface area (Å²) in [7, 11) is 9.22. The SMILES string of the molecule is COc1cc(C(C)=O)c(OC)c2c(OC)c(-c3ccc4c(OC)cc(C(C)=O)c(OC)c4c3OC)ccc12. The van der Waals surface area contributed by atoms with Crippen LogP contribution in [0.5, 0.6) is 34.5 Å². The van der Waals surface area contributed by atoms with E-state index in [2.05, 4.69) is 0 Å². The summed E-state index contributed by atoms with van der Waals surface area (Å²) in [6.45, 7) is 2.94. The number of Topliss-reactive ketones (excluding diaryl/α,β-unsaturated/α-hetero) is 2. The van der Waals surface area contributed by atoms with E-state index in [9.17, 15) is 9.59 Å². The smallest absolute Gasteiger partial charge is 0.163 e. The molecule has 0 bridgehead atoms. The highest BCUT2D eigenvalue weighted by Gasteiger charge is 2.26. The van der Waals surface area contributed by atoms with Crippen molar-refractivity contribution in [1.29, 1.82) is 0 Å². The van der Waals surface area contributed by atoms with Gasteiger partial charge in [-0.3, -0.25) is 9.59 Å². The van der Waals surface area contributed by atoms with Crippen LogP contribution < -0.4 is 28.4 Å². The molecule has 0 amide bonds. The fourth-order valence-corrected chi connectivity index (χ4v) is 4.98. The lowest BCUT2D eigenvalue weighted by Gasteiger charge is -2.21. The second kappa shape index (κ2) is 10.5. The van der Waals surface area contributed by atoms with Crippen molar-refractivity contribution in [2.24, 2.45) is 0 Å². The predicted octanol–water partition coefficient (Wildman–Crippen LogP) is 6.12. The molecule has 0 aromatic heterocycles. The van der Waals surface area contributed by atoms with Crippen LogP contribution >= 0.6 is 0 Å². The third kappa shape index (κ3) is 4.02. The molecule has 198 valence electrons. The van der Waals surface area contributed by atoms with Crippen LogP contribution in [0.3, 0.4) is 0 Å². The van der Waals surface area contributed by atoms with Crippen molar-refractivity contribution in [3.8, 4) is 45.6 Å². The van der Waals surface area contributed by atoms with Gasteiger partial charge < -0.3 is 28.4 Å². The average molecular weight is 519 g/mol. The van der Waals surface area contributed by atoms with Crippen LogP contribution in [-0.4, -0.2) is 54.2 Å². The van der Waals surface area contributed by atoms with Crippen molar-refractivity contribution in [1.82, 2.24) is 0 Å². The predicted molar refractivity (Wildman–Crippen MR) is 146 cm³/mol. The van der Waals surface area contributed by atoms with Gasteiger partial charge in [-0.05, 0) is 50.2 Å². The number of carbonyl (C=O) groups is 2. The van der Waals surface area contributed by atoms with Gasteiger partial charge in [-0.1, -0.05) is 0 Å². The molecule has 0 aliphatic rings. The molecule has 0 saturated heterocycles. The fourth-order valence-electron chi connectivity index (χ4n) is 4.98. The van der Waals surface area contributed by atoms with Crippen molar-refractivity contribution in [2.45, 2.75) is 13.8 Å². The Bertz CT molecular complexity index is 1470. The maximum Gasteiger partial charge on any atom is 0.163 e. The van der Waals surface area contributed by atoms with Gasteiger partial charge in [0.25, 0.3) is 0 Å². The van der Waals surface area contributed by atoms with Crippen molar-refractivity contribution in [3.05, 3.63) is 47.5 Å². The van der Waals surface area contributed by atoms with E-state index in [0.717, 1.165) is 0 Å². The number of carbonyl (C=O) groups excluding carboxylic acids is 2. The topological polar surface area (TPSA) is 89.5 Å². The number of benzene rings is 4. The summed E-state index contributed by atoms with van der Waals surface area (Å²) in [6, 6.07) is 10.9. The molecule has 0 atom stereocenters. The number of hydrogen-bond donors (Lipinski definition) is 0. The Morgan fingerprint density at radius 1 is 0.500 bits per heavy atom. The zero-order chi connectivity index (χ0) is 27.7. The van der Waals surface area contributed by atoms with Crippen LogP contribution in [0.15, 0.2) is 36.4 Å². The molecule has 4 aromatic carbocycles. The highest BCUT2D eigenvalue weighted by atomic mass is 16.5. The Labute approximate surface area is 221 Å². The molecule has 0 fully saturated rings. The molecule has 0 N–H and O–H groups in total. The number of rotatable bonds is 9. The first kappa shape index (κ1) is 26.6. The lowest BCUT2D eigenvalue weighted by Crippen LogP contribution is -2.03. The van der Waals surface area contributed by atoms with E-state index in [4.69, 9.17) is 28.4 Å². The van der Waals surface area contributed by atoms with Crippen LogP contribution in [0.2, 0.25) is 0 Å². The van der Waals surface area contributed by atoms with Gasteiger partial charge >= 0.3 is 0 Å². The minimum Gasteiger partial charge on any atom is -0.496 e. The second-order valence-electron chi connectivity index (χ2n) is 8.57. The van der Waals surface area contributed by atoms with E-state index < -0.39 is 0 Å². The zero-order valence-electron chi connectivity index (χ0n) is 22.7. The van der Waals surface area contributed by atoms with Gasteiger partial charge in [-0.15, -0.1) is 0 Å². The van der Waals surface area contributed by atoms with Crippen molar-refractivity contribution in [2.75, 3.05) is 42.7 Å². The second-order valence-corrected chi connectivity index (χ2v) is 8.57. The van der Waals surface area contributed by atoms with Gasteiger partial charge in [-0.25, -0.2) is 0 Å². The van der Waals surface area contributed by atoms with E-state index >= 15 is 0 Å². The number of ether oxygens (including phenoxy) is 6. The Morgan fingerprint density at radius 2 is 0.842 bits per heavy atom. The number of ketones is 2. The summed E-state index contributed by atoms with van der Waals surface area (Å²) < 4.78 is 34.6. The van der Waals surface area contributed by atoms with Crippen LogP contribution in [-0.2, 0) is 0 Å². The average Bonchev–Trinajstić information content (AvgIpc) is 2.93. The minimum atomic E-state index is -0.175. The van der Waals surface area contributed by atoms with Gasteiger partial charge in [0.15, 0.2) is 11.6 Å². The molecule has 0 saturated carbocycles. The summed E-state index contributed by atoms with van der Waals surface area (Å²) in [5, 5.41) is 2.60. The maximum atomic E-state index is 12.5. The molecule has 0 heterocycles. The molecule has 0 aliphatic heterocycles. The highest BCUT2D eigenvalue weighted by molar-refractivity contribution is 6.13. The molecule has 8 nitrogen and oxygen atoms in total. The minimum absolute atomic E-state index is 0.175. The van der Waals surface area contributed by atoms with Gasteiger partial charge in [0.05, 0.1) is 64.6 Å². The Kier molecular flexibility index (Phi) is 7.35. The summed E-state index contributed by atoms with van der Waals surface area (Å²) in [5.74, 6) is 2.37. The third-order valence-corrected chi connectivity index (χ3v) is 6.65. The summed E-state index contributed by atoms with van der Waals surface area (Å²) in [6.07, 6.45) is 0. The summed E-state index contributed by atoms with van der Waals surface area (Å²) in [4.78, 5) is 25.0. The molecule has 4 rings (SSSR count). The summed E-state index contributed by atoms with van der Waals surface area (Å²) >= 11 is 0. The van der Waals surface area contributed by atoms with Gasteiger partial charge in [0, 0.05) is 21.9 Å². The van der Waals surface area contributed by atoms with E-state index in [1.807, 2.05) is 24.3 Å². The highest BCUT2D eigenvalue weighted by Crippen LogP contribution is 2.51. The first-order valence-corrected chi connectivity index (χ1v) is 11.8. The number of methoxy groups -OCH3 is 6. The molecule has 38 heavy (non-hydrogen) atoms. The van der Waals surface area contributed by atoms with Crippen LogP contribution in [0.25, 0.3) is 32.7 Å². The molecule has 4 aromatic rings. The number of hydrogen-bond acceptors (Lipinski definition) is 8. The quantitative estimate of drug-likeness (QED) is 0.245. The van der Waals surface area contributed by atoms with E-state index in [-0.39, 0.29) is 11.6 Å². The van der Waals surface area contributed by atoms with Crippen LogP contribution in [0.4, 0.5) is 0 Å². The maximum absolute atomic E-state index is 12.5. The molecular weight excluding hydrogens is 488 g/mol. The molecule has 0 radical (unpaired) electrons. The van der Waals surface area contributed by atoms with Gasteiger partial charge in [0.1, 0.15) is 34.5 Å². The Hall–Kier alpha value is -4.46. The first-order valence-electron chi connectivity index (χ1n) is 11.8. The normalized spacial score (nSPS) is 10.8. The monoisotopic (exact) mass is 518 g/mol. The zero-order valence-corrected chi connectivity index (χ0v) is 22.7. The van der Waals surface area contributed by atoms with Gasteiger partial charge in [-0.2, -0.15) is 0 Å². The van der Waals surface area contributed by atoms with Crippen molar-refractivity contribution in [3.63, 3.8) is 0 Å². The van der Waals surface area contributed by atoms with E-state index in [0.29, 0.717) is 78.3 Å². The first-order chi connectivity index (χ1) is 18.3. The summed E-state index contributed by atoms with van der Waals surface area (Å²) in [5.41, 5.74) is 2.09. The standard InChI is InChI=1S/C30H30O8/c1-15(31)21-13-23(33-3)19-11-9-17(27(35-5)25(19)29(21)37-7)18-10-12-20-24(34-4)14-22(16(2)32)30(38-8)26(20)28(18)36-6/h9-14H,1-8H3. The van der Waals surface area contributed by atoms with Crippen molar-refractivity contribution >= 4 is 33.1 Å². The fraction of sp³-hybridized carbons (Fsp3) is 0.267. The largest absolute Gasteiger partial charge is 0.496 e. The molecule has 0 aliphatic carbocycles. The lowest BCUT2D eigenvalue weighted by atomic mass is 9.92. The molecule has 8 heteroatoms. The third-order valence-electron chi connectivity index (χ3n) is 6.65.